The normalized spacial score (nSPS) is 19.2. The van der Waals surface area contributed by atoms with Crippen LogP contribution in [0, 0.1) is 0 Å². The summed E-state index contributed by atoms with van der Waals surface area (Å²) >= 11 is 1.32. The molecule has 2 fully saturated rings. The third-order valence-electron chi connectivity index (χ3n) is 6.43. The standard InChI is InChI=1S/C25H27N3O3S/c29-22(26-17-25(12-13-25)18-7-2-1-3-8-18)16-32-24-27-21-11-5-4-10-20(21)23(30)28(24)15-19-9-6-14-31-19/h1-5,7-8,10-11,19H,6,9,12-17H2,(H,26,29). The molecule has 1 aromatic heterocycles. The first-order valence-corrected chi connectivity index (χ1v) is 12.2. The van der Waals surface area contributed by atoms with Gasteiger partial charge in [0.15, 0.2) is 5.16 Å². The number of aromatic nitrogens is 2. The summed E-state index contributed by atoms with van der Waals surface area (Å²) in [4.78, 5) is 30.5. The molecule has 1 saturated heterocycles. The molecule has 1 saturated carbocycles. The van der Waals surface area contributed by atoms with Gasteiger partial charge in [-0.3, -0.25) is 14.2 Å². The van der Waals surface area contributed by atoms with Crippen LogP contribution in [-0.4, -0.2) is 40.5 Å². The second-order valence-electron chi connectivity index (χ2n) is 8.67. The maximum Gasteiger partial charge on any atom is 0.262 e. The van der Waals surface area contributed by atoms with Crippen LogP contribution < -0.4 is 10.9 Å². The van der Waals surface area contributed by atoms with Gasteiger partial charge >= 0.3 is 0 Å². The lowest BCUT2D eigenvalue weighted by molar-refractivity contribution is -0.118. The molecule has 2 heterocycles. The lowest BCUT2D eigenvalue weighted by Crippen LogP contribution is -2.34. The van der Waals surface area contributed by atoms with E-state index < -0.39 is 0 Å². The molecule has 166 valence electrons. The maximum atomic E-state index is 13.2. The number of ether oxygens (including phenoxy) is 1. The van der Waals surface area contributed by atoms with E-state index in [0.29, 0.717) is 29.1 Å². The minimum atomic E-state index is -0.0741. The highest BCUT2D eigenvalue weighted by Gasteiger charge is 2.44. The van der Waals surface area contributed by atoms with Gasteiger partial charge in [-0.15, -0.1) is 0 Å². The summed E-state index contributed by atoms with van der Waals surface area (Å²) in [5.41, 5.74) is 1.94. The molecule has 0 spiro atoms. The number of hydrogen-bond acceptors (Lipinski definition) is 5. The number of benzene rings is 2. The zero-order valence-electron chi connectivity index (χ0n) is 18.0. The van der Waals surface area contributed by atoms with Crippen LogP contribution in [0.4, 0.5) is 0 Å². The van der Waals surface area contributed by atoms with Gasteiger partial charge in [-0.05, 0) is 43.4 Å². The number of rotatable bonds is 8. The molecular weight excluding hydrogens is 422 g/mol. The van der Waals surface area contributed by atoms with Crippen LogP contribution in [0.3, 0.4) is 0 Å². The van der Waals surface area contributed by atoms with E-state index in [1.807, 2.05) is 36.4 Å². The van der Waals surface area contributed by atoms with Gasteiger partial charge in [0.25, 0.3) is 5.56 Å². The Bertz CT molecular complexity index is 1170. The van der Waals surface area contributed by atoms with E-state index >= 15 is 0 Å². The first-order valence-electron chi connectivity index (χ1n) is 11.2. The molecule has 3 aromatic rings. The highest BCUT2D eigenvalue weighted by molar-refractivity contribution is 7.99. The topological polar surface area (TPSA) is 73.2 Å². The number of para-hydroxylation sites is 1. The van der Waals surface area contributed by atoms with Gasteiger partial charge in [0, 0.05) is 18.6 Å². The van der Waals surface area contributed by atoms with E-state index in [4.69, 9.17) is 9.72 Å². The lowest BCUT2D eigenvalue weighted by Gasteiger charge is -2.18. The summed E-state index contributed by atoms with van der Waals surface area (Å²) in [6.07, 6.45) is 4.15. The lowest BCUT2D eigenvalue weighted by atomic mass is 9.96. The summed E-state index contributed by atoms with van der Waals surface area (Å²) in [5.74, 6) is 0.185. The number of amides is 1. The van der Waals surface area contributed by atoms with Crippen LogP contribution in [0.15, 0.2) is 64.5 Å². The van der Waals surface area contributed by atoms with Gasteiger partial charge in [0.1, 0.15) is 0 Å². The van der Waals surface area contributed by atoms with Crippen LogP contribution in [-0.2, 0) is 21.5 Å². The largest absolute Gasteiger partial charge is 0.376 e. The Hall–Kier alpha value is -2.64. The zero-order chi connectivity index (χ0) is 22.0. The molecule has 0 bridgehead atoms. The summed E-state index contributed by atoms with van der Waals surface area (Å²) < 4.78 is 7.44. The fourth-order valence-corrected chi connectivity index (χ4v) is 5.21. The van der Waals surface area contributed by atoms with E-state index in [2.05, 4.69) is 17.4 Å². The molecule has 1 atom stereocenters. The number of thioether (sulfide) groups is 1. The second-order valence-corrected chi connectivity index (χ2v) is 9.62. The number of hydrogen-bond donors (Lipinski definition) is 1. The third-order valence-corrected chi connectivity index (χ3v) is 7.41. The third kappa shape index (κ3) is 4.45. The van der Waals surface area contributed by atoms with Crippen LogP contribution in [0.5, 0.6) is 0 Å². The van der Waals surface area contributed by atoms with Crippen molar-refractivity contribution in [2.24, 2.45) is 0 Å². The van der Waals surface area contributed by atoms with Crippen molar-refractivity contribution in [1.82, 2.24) is 14.9 Å². The molecular formula is C25H27N3O3S. The fourth-order valence-electron chi connectivity index (χ4n) is 4.37. The van der Waals surface area contributed by atoms with Crippen molar-refractivity contribution in [2.45, 2.75) is 48.9 Å². The molecule has 1 amide bonds. The van der Waals surface area contributed by atoms with Crippen molar-refractivity contribution in [3.63, 3.8) is 0 Å². The van der Waals surface area contributed by atoms with Gasteiger partial charge in [0.2, 0.25) is 5.91 Å². The van der Waals surface area contributed by atoms with Gasteiger partial charge < -0.3 is 10.1 Å². The molecule has 1 unspecified atom stereocenters. The predicted octanol–water partition coefficient (Wildman–Crippen LogP) is 3.52. The van der Waals surface area contributed by atoms with Gasteiger partial charge in [-0.25, -0.2) is 4.98 Å². The first-order chi connectivity index (χ1) is 15.6. The Labute approximate surface area is 191 Å². The quantitative estimate of drug-likeness (QED) is 0.421. The summed E-state index contributed by atoms with van der Waals surface area (Å²) in [6, 6.07) is 17.7. The zero-order valence-corrected chi connectivity index (χ0v) is 18.8. The van der Waals surface area contributed by atoms with Crippen LogP contribution in [0.2, 0.25) is 0 Å². The average molecular weight is 450 g/mol. The predicted molar refractivity (Wildman–Crippen MR) is 126 cm³/mol. The van der Waals surface area contributed by atoms with E-state index in [1.54, 1.807) is 10.6 Å². The Kier molecular flexibility index (Phi) is 6.02. The molecule has 6 nitrogen and oxygen atoms in total. The van der Waals surface area contributed by atoms with Crippen molar-refractivity contribution >= 4 is 28.6 Å². The monoisotopic (exact) mass is 449 g/mol. The maximum absolute atomic E-state index is 13.2. The summed E-state index contributed by atoms with van der Waals surface area (Å²) in [7, 11) is 0. The van der Waals surface area contributed by atoms with Crippen LogP contribution in [0.1, 0.15) is 31.2 Å². The Balaban J connectivity index is 1.29. The molecule has 2 aromatic carbocycles. The molecule has 7 heteroatoms. The van der Waals surface area contributed by atoms with E-state index in [9.17, 15) is 9.59 Å². The van der Waals surface area contributed by atoms with Gasteiger partial charge in [-0.2, -0.15) is 0 Å². The van der Waals surface area contributed by atoms with Crippen molar-refractivity contribution in [1.29, 1.82) is 0 Å². The molecule has 1 N–H and O–H groups in total. The number of nitrogens with one attached hydrogen (secondary N) is 1. The molecule has 1 aliphatic carbocycles. The van der Waals surface area contributed by atoms with Crippen molar-refractivity contribution in [3.8, 4) is 0 Å². The molecule has 0 radical (unpaired) electrons. The number of carbonyl (C=O) groups is 1. The van der Waals surface area contributed by atoms with Crippen molar-refractivity contribution < 1.29 is 9.53 Å². The van der Waals surface area contributed by atoms with Crippen LogP contribution >= 0.6 is 11.8 Å². The SMILES string of the molecule is O=C(CSc1nc2ccccc2c(=O)n1CC1CCCO1)NCC1(c2ccccc2)CC1. The fraction of sp³-hybridized carbons (Fsp3) is 0.400. The highest BCUT2D eigenvalue weighted by atomic mass is 32.2. The number of fused-ring (bicyclic) bond motifs is 1. The Morgan fingerprint density at radius 2 is 1.94 bits per heavy atom. The van der Waals surface area contributed by atoms with Crippen molar-refractivity contribution in [3.05, 3.63) is 70.5 Å². The first kappa shape index (κ1) is 21.2. The molecule has 2 aliphatic rings. The summed E-state index contributed by atoms with van der Waals surface area (Å²) in [6.45, 7) is 1.84. The van der Waals surface area contributed by atoms with E-state index in [0.717, 1.165) is 32.3 Å². The van der Waals surface area contributed by atoms with E-state index in [1.165, 1.54) is 17.3 Å². The highest BCUT2D eigenvalue weighted by Crippen LogP contribution is 2.47. The van der Waals surface area contributed by atoms with Gasteiger partial charge in [0.05, 0.1) is 29.3 Å². The smallest absolute Gasteiger partial charge is 0.262 e. The molecule has 32 heavy (non-hydrogen) atoms. The van der Waals surface area contributed by atoms with Gasteiger partial charge in [-0.1, -0.05) is 54.2 Å². The second kappa shape index (κ2) is 9.08. The Morgan fingerprint density at radius 1 is 1.16 bits per heavy atom. The molecule has 5 rings (SSSR count). The van der Waals surface area contributed by atoms with E-state index in [-0.39, 0.29) is 28.7 Å². The minimum absolute atomic E-state index is 0.0180. The number of nitrogens with zero attached hydrogens (tertiary/aromatic N) is 2. The van der Waals surface area contributed by atoms with Crippen LogP contribution in [0.25, 0.3) is 10.9 Å². The van der Waals surface area contributed by atoms with Crippen molar-refractivity contribution in [2.75, 3.05) is 18.9 Å². The molecule has 1 aliphatic heterocycles. The minimum Gasteiger partial charge on any atom is -0.376 e. The number of carbonyl (C=O) groups excluding carboxylic acids is 1. The average Bonchev–Trinajstić information content (AvgIpc) is 3.45. The Morgan fingerprint density at radius 3 is 2.69 bits per heavy atom. The summed E-state index contributed by atoms with van der Waals surface area (Å²) in [5, 5.41) is 4.27.